The number of nitrogens with one attached hydrogen (secondary N) is 2. The zero-order valence-electron chi connectivity index (χ0n) is 29.1. The second-order valence-corrected chi connectivity index (χ2v) is 12.2. The van der Waals surface area contributed by atoms with Gasteiger partial charge in [-0.05, 0) is 70.0 Å². The molecule has 0 aliphatic carbocycles. The minimum absolute atomic E-state index is 0.0345. The van der Waals surface area contributed by atoms with E-state index in [2.05, 4.69) is 20.7 Å². The average molecular weight is 695 g/mol. The van der Waals surface area contributed by atoms with Crippen molar-refractivity contribution in [1.82, 2.24) is 20.4 Å². The molecule has 0 bridgehead atoms. The summed E-state index contributed by atoms with van der Waals surface area (Å²) in [4.78, 5) is 40.6. The van der Waals surface area contributed by atoms with Gasteiger partial charge in [0.25, 0.3) is 0 Å². The van der Waals surface area contributed by atoms with Crippen molar-refractivity contribution in [2.45, 2.75) is 119 Å². The summed E-state index contributed by atoms with van der Waals surface area (Å²) < 4.78 is 87.3. The summed E-state index contributed by atoms with van der Waals surface area (Å²) in [5.74, 6) is -3.21. The second-order valence-electron chi connectivity index (χ2n) is 12.2. The van der Waals surface area contributed by atoms with Gasteiger partial charge >= 0.3 is 18.8 Å². The first-order chi connectivity index (χ1) is 22.0. The van der Waals surface area contributed by atoms with Crippen molar-refractivity contribution in [3.05, 3.63) is 47.2 Å². The molecule has 0 saturated heterocycles. The lowest BCUT2D eigenvalue weighted by atomic mass is 10.00. The first kappa shape index (κ1) is 43.9. The first-order valence-electron chi connectivity index (χ1n) is 15.3. The third-order valence-electron chi connectivity index (χ3n) is 6.11. The predicted octanol–water partition coefficient (Wildman–Crippen LogP) is 7.11. The van der Waals surface area contributed by atoms with Crippen LogP contribution in [0.4, 0.5) is 31.1 Å². The van der Waals surface area contributed by atoms with E-state index in [-0.39, 0.29) is 22.8 Å². The molecule has 2 amide bonds. The normalized spacial score (nSPS) is 14.7. The van der Waals surface area contributed by atoms with E-state index in [4.69, 9.17) is 10.5 Å². The topological polar surface area (TPSA) is 141 Å². The van der Waals surface area contributed by atoms with Crippen LogP contribution >= 0.6 is 0 Å². The van der Waals surface area contributed by atoms with Crippen LogP contribution in [0.2, 0.25) is 0 Å². The molecule has 0 aliphatic rings. The molecule has 0 fully saturated rings. The molecule has 272 valence electrons. The van der Waals surface area contributed by atoms with Gasteiger partial charge in [-0.2, -0.15) is 27.1 Å². The quantitative estimate of drug-likeness (QED) is 0.0623. The van der Waals surface area contributed by atoms with E-state index < -0.39 is 72.2 Å². The van der Waals surface area contributed by atoms with Crippen LogP contribution in [0.5, 0.6) is 0 Å². The van der Waals surface area contributed by atoms with Crippen molar-refractivity contribution in [3.63, 3.8) is 0 Å². The van der Waals surface area contributed by atoms with E-state index in [9.17, 15) is 40.7 Å². The van der Waals surface area contributed by atoms with Gasteiger partial charge in [0.1, 0.15) is 11.6 Å². The molecule has 48 heavy (non-hydrogen) atoms. The zero-order valence-corrected chi connectivity index (χ0v) is 29.1. The van der Waals surface area contributed by atoms with Gasteiger partial charge in [-0.1, -0.05) is 40.2 Å². The van der Waals surface area contributed by atoms with Gasteiger partial charge in [-0.15, -0.1) is 0 Å². The van der Waals surface area contributed by atoms with E-state index in [1.54, 1.807) is 27.7 Å². The number of nitrogens with two attached hydrogens (primary N) is 1. The Kier molecular flexibility index (Phi) is 17.4. The van der Waals surface area contributed by atoms with Gasteiger partial charge in [0.15, 0.2) is 17.3 Å². The fourth-order valence-corrected chi connectivity index (χ4v) is 3.82. The number of amides is 2. The number of halogens is 6. The Hall–Kier alpha value is -4.11. The van der Waals surface area contributed by atoms with Crippen molar-refractivity contribution in [3.8, 4) is 0 Å². The smallest absolute Gasteiger partial charge is 0.435 e. The number of ketones is 1. The number of allylic oxidation sites excluding steroid dienone is 4. The standard InChI is InChI=1S/C30H42F6N6O4.C2H6/c1-9-17(2)10-20(12-21(31)18(3)43)23-13-24(30(34,35)36)41-42(23)16-29(7,8)40-25(44)22(39-27(45)46-28(4,5)6)11-19(14-37)15-38-26(32)33;1-2/h10,12-15,17,22,26H,9,11,16,37H2,1-8H3,(H,39,45)(H,40,44);1-2H3/b19-14-,20-10+,21-12+,38-15+;. The predicted molar refractivity (Wildman–Crippen MR) is 173 cm³/mol. The summed E-state index contributed by atoms with van der Waals surface area (Å²) in [6.07, 6.45) is -1.77. The fourth-order valence-electron chi connectivity index (χ4n) is 3.82. The summed E-state index contributed by atoms with van der Waals surface area (Å²) in [5.41, 5.74) is 1.62. The molecule has 16 heteroatoms. The van der Waals surface area contributed by atoms with Gasteiger partial charge in [0.05, 0.1) is 17.8 Å². The van der Waals surface area contributed by atoms with Crippen molar-refractivity contribution < 1.29 is 45.5 Å². The Morgan fingerprint density at radius 3 is 2.17 bits per heavy atom. The van der Waals surface area contributed by atoms with Gasteiger partial charge in [0.2, 0.25) is 5.91 Å². The van der Waals surface area contributed by atoms with Crippen LogP contribution in [0, 0.1) is 5.92 Å². The van der Waals surface area contributed by atoms with Crippen molar-refractivity contribution in [2.75, 3.05) is 0 Å². The molecule has 0 aromatic carbocycles. The highest BCUT2D eigenvalue weighted by atomic mass is 19.4. The average Bonchev–Trinajstić information content (AvgIpc) is 3.37. The minimum Gasteiger partial charge on any atom is -0.444 e. The molecule has 0 saturated carbocycles. The summed E-state index contributed by atoms with van der Waals surface area (Å²) in [6.45, 7) is 12.7. The van der Waals surface area contributed by atoms with Crippen LogP contribution in [-0.2, 0) is 27.0 Å². The number of alkyl halides is 5. The third kappa shape index (κ3) is 16.1. The highest BCUT2D eigenvalue weighted by Gasteiger charge is 2.37. The van der Waals surface area contributed by atoms with Gasteiger partial charge < -0.3 is 21.1 Å². The lowest BCUT2D eigenvalue weighted by Gasteiger charge is -2.30. The number of rotatable bonds is 14. The Labute approximate surface area is 277 Å². The molecule has 2 unspecified atom stereocenters. The Morgan fingerprint density at radius 1 is 1.12 bits per heavy atom. The largest absolute Gasteiger partial charge is 0.444 e. The SMILES string of the molecule is CC.CCC(C)/C=C(\C=C(\F)C(C)=O)c1cc(C(F)(F)F)nn1CC(C)(C)NC(=O)C(CC(=C/N)/C=N/C(F)F)NC(=O)OC(C)(C)C. The van der Waals surface area contributed by atoms with Crippen LogP contribution in [0.1, 0.15) is 93.5 Å². The van der Waals surface area contributed by atoms with Gasteiger partial charge in [-0.3, -0.25) is 14.3 Å². The molecule has 1 rings (SSSR count). The number of nitrogens with zero attached hydrogens (tertiary/aromatic N) is 3. The number of hydrogen-bond acceptors (Lipinski definition) is 7. The maximum Gasteiger partial charge on any atom is 0.435 e. The summed E-state index contributed by atoms with van der Waals surface area (Å²) in [7, 11) is 0. The molecule has 4 N–H and O–H groups in total. The van der Waals surface area contributed by atoms with Crippen molar-refractivity contribution >= 4 is 29.6 Å². The van der Waals surface area contributed by atoms with Crippen LogP contribution in [0.3, 0.4) is 0 Å². The summed E-state index contributed by atoms with van der Waals surface area (Å²) >= 11 is 0. The van der Waals surface area contributed by atoms with Gasteiger partial charge in [0, 0.05) is 19.6 Å². The Bertz CT molecular complexity index is 1360. The molecule has 1 heterocycles. The molecule has 1 aromatic rings. The van der Waals surface area contributed by atoms with Crippen LogP contribution in [-0.4, -0.2) is 57.5 Å². The zero-order chi connectivity index (χ0) is 37.6. The van der Waals surface area contributed by atoms with Crippen LogP contribution < -0.4 is 16.4 Å². The molecule has 2 atom stereocenters. The van der Waals surface area contributed by atoms with Crippen LogP contribution in [0.25, 0.3) is 5.57 Å². The molecule has 0 radical (unpaired) electrons. The Morgan fingerprint density at radius 2 is 1.71 bits per heavy atom. The molecule has 1 aromatic heterocycles. The molecule has 0 spiro atoms. The highest BCUT2D eigenvalue weighted by Crippen LogP contribution is 2.32. The number of hydrogen-bond donors (Lipinski definition) is 3. The lowest BCUT2D eigenvalue weighted by Crippen LogP contribution is -2.55. The number of Topliss-reactive ketones (excluding diaryl/α,β-unsaturated/α-hetero) is 1. The first-order valence-corrected chi connectivity index (χ1v) is 15.3. The minimum atomic E-state index is -4.88. The second kappa shape index (κ2) is 19.0. The van der Waals surface area contributed by atoms with Crippen LogP contribution in [0.15, 0.2) is 40.8 Å². The van der Waals surface area contributed by atoms with E-state index >= 15 is 0 Å². The summed E-state index contributed by atoms with van der Waals surface area (Å²) in [5, 5.41) is 8.64. The number of aliphatic imine (C=N–C) groups is 1. The highest BCUT2D eigenvalue weighted by molar-refractivity contribution is 5.94. The third-order valence-corrected chi connectivity index (χ3v) is 6.11. The lowest BCUT2D eigenvalue weighted by molar-refractivity contribution is -0.141. The summed E-state index contributed by atoms with van der Waals surface area (Å²) in [6, 6.07) is -0.742. The number of carbonyl (C=O) groups excluding carboxylic acids is 3. The van der Waals surface area contributed by atoms with E-state index in [0.717, 1.165) is 30.1 Å². The molecular weight excluding hydrogens is 646 g/mol. The molecule has 0 aliphatic heterocycles. The molecule has 10 nitrogen and oxygen atoms in total. The monoisotopic (exact) mass is 694 g/mol. The number of alkyl carbamates (subject to hydrolysis) is 1. The molecular formula is C32H48F6N6O4. The fraction of sp³-hybridized carbons (Fsp3) is 0.594. The number of aromatic nitrogens is 2. The maximum atomic E-state index is 14.5. The van der Waals surface area contributed by atoms with Crippen molar-refractivity contribution in [1.29, 1.82) is 0 Å². The van der Waals surface area contributed by atoms with E-state index in [1.807, 2.05) is 20.8 Å². The number of carbonyl (C=O) groups is 3. The van der Waals surface area contributed by atoms with Crippen molar-refractivity contribution in [2.24, 2.45) is 16.6 Å². The maximum absolute atomic E-state index is 14.5. The van der Waals surface area contributed by atoms with E-state index in [0.29, 0.717) is 12.5 Å². The van der Waals surface area contributed by atoms with Gasteiger partial charge in [-0.25, -0.2) is 14.2 Å². The number of ether oxygens (including phenoxy) is 1. The Balaban J connectivity index is 0.0000108. The van der Waals surface area contributed by atoms with E-state index in [1.165, 1.54) is 19.9 Å².